The van der Waals surface area contributed by atoms with Crippen molar-refractivity contribution in [3.05, 3.63) is 17.5 Å². The lowest BCUT2D eigenvalue weighted by atomic mass is 9.96. The molecule has 150 valence electrons. The zero-order valence-electron chi connectivity index (χ0n) is 16.9. The number of hydrogen-bond donors (Lipinski definition) is 0. The highest BCUT2D eigenvalue weighted by molar-refractivity contribution is 5.76. The van der Waals surface area contributed by atoms with E-state index in [-0.39, 0.29) is 0 Å². The van der Waals surface area contributed by atoms with Crippen molar-refractivity contribution in [2.24, 2.45) is 5.92 Å². The molecule has 0 saturated carbocycles. The van der Waals surface area contributed by atoms with Crippen molar-refractivity contribution in [2.45, 2.75) is 71.0 Å². The molecule has 0 unspecified atom stereocenters. The molecule has 0 spiro atoms. The number of carbonyl (C=O) groups is 1. The normalized spacial score (nSPS) is 27.6. The number of aromatic nitrogens is 2. The summed E-state index contributed by atoms with van der Waals surface area (Å²) in [7, 11) is 0. The summed E-state index contributed by atoms with van der Waals surface area (Å²) < 4.78 is 7.55. The second-order valence-electron chi connectivity index (χ2n) is 8.60. The van der Waals surface area contributed by atoms with Gasteiger partial charge in [0, 0.05) is 57.0 Å². The Morgan fingerprint density at radius 3 is 2.74 bits per heavy atom. The summed E-state index contributed by atoms with van der Waals surface area (Å²) in [6, 6.07) is 3.27. The smallest absolute Gasteiger partial charge is 0.224 e. The number of fused-ring (bicyclic) bond motifs is 1. The third-order valence-corrected chi connectivity index (χ3v) is 6.73. The van der Waals surface area contributed by atoms with Crippen LogP contribution >= 0.6 is 0 Å². The summed E-state index contributed by atoms with van der Waals surface area (Å²) in [4.78, 5) is 17.8. The lowest BCUT2D eigenvalue weighted by Gasteiger charge is -2.39. The van der Waals surface area contributed by atoms with Crippen LogP contribution in [0.2, 0.25) is 0 Å². The van der Waals surface area contributed by atoms with Gasteiger partial charge in [0.2, 0.25) is 5.91 Å². The number of amides is 1. The minimum Gasteiger partial charge on any atom is -0.381 e. The fourth-order valence-corrected chi connectivity index (χ4v) is 5.31. The van der Waals surface area contributed by atoms with Crippen LogP contribution < -0.4 is 0 Å². The molecule has 0 aromatic carbocycles. The van der Waals surface area contributed by atoms with Gasteiger partial charge in [-0.25, -0.2) is 0 Å². The number of aryl methyl sites for hydroxylation is 3. The highest BCUT2D eigenvalue weighted by Gasteiger charge is 2.41. The summed E-state index contributed by atoms with van der Waals surface area (Å²) in [5.74, 6) is 0.940. The number of nitrogens with zero attached hydrogens (tertiary/aromatic N) is 4. The molecule has 6 nitrogen and oxygen atoms in total. The van der Waals surface area contributed by atoms with E-state index in [0.717, 1.165) is 50.5 Å². The number of ether oxygens (including phenoxy) is 1. The predicted octanol–water partition coefficient (Wildman–Crippen LogP) is 2.38. The molecule has 0 bridgehead atoms. The van der Waals surface area contributed by atoms with Crippen molar-refractivity contribution in [1.29, 1.82) is 0 Å². The molecule has 0 aliphatic carbocycles. The SMILES string of the molecule is Cc1cc(C)n(CCC(=O)N2C[C@@H]3CCCCN(C4CCOCC4)[C@@H]3C2)n1. The fraction of sp³-hybridized carbons (Fsp3) is 0.810. The lowest BCUT2D eigenvalue weighted by molar-refractivity contribution is -0.130. The van der Waals surface area contributed by atoms with Gasteiger partial charge in [0.05, 0.1) is 5.69 Å². The highest BCUT2D eigenvalue weighted by Crippen LogP contribution is 2.33. The monoisotopic (exact) mass is 374 g/mol. The van der Waals surface area contributed by atoms with Crippen LogP contribution in [0, 0.1) is 19.8 Å². The van der Waals surface area contributed by atoms with Gasteiger partial charge in [0.25, 0.3) is 0 Å². The molecule has 1 amide bonds. The Balaban J connectivity index is 1.37. The van der Waals surface area contributed by atoms with Gasteiger partial charge in [-0.2, -0.15) is 5.10 Å². The molecule has 4 rings (SSSR count). The Kier molecular flexibility index (Phi) is 5.83. The Morgan fingerprint density at radius 1 is 1.19 bits per heavy atom. The predicted molar refractivity (Wildman–Crippen MR) is 105 cm³/mol. The fourth-order valence-electron chi connectivity index (χ4n) is 5.31. The van der Waals surface area contributed by atoms with Crippen molar-refractivity contribution in [2.75, 3.05) is 32.8 Å². The summed E-state index contributed by atoms with van der Waals surface area (Å²) in [6.45, 7) is 9.59. The first-order chi connectivity index (χ1) is 13.1. The number of carbonyl (C=O) groups excluding carboxylic acids is 1. The van der Waals surface area contributed by atoms with Crippen LogP contribution in [0.15, 0.2) is 6.07 Å². The van der Waals surface area contributed by atoms with E-state index in [1.807, 2.05) is 11.6 Å². The molecular formula is C21H34N4O2. The Labute approximate surface area is 162 Å². The first kappa shape index (κ1) is 18.9. The Hall–Kier alpha value is -1.40. The van der Waals surface area contributed by atoms with Crippen LogP contribution in [-0.2, 0) is 16.1 Å². The summed E-state index contributed by atoms with van der Waals surface area (Å²) in [6.07, 6.45) is 6.72. The summed E-state index contributed by atoms with van der Waals surface area (Å²) in [5, 5.41) is 4.49. The molecule has 2 atom stereocenters. The molecule has 0 radical (unpaired) electrons. The molecule has 3 aliphatic rings. The van der Waals surface area contributed by atoms with E-state index >= 15 is 0 Å². The van der Waals surface area contributed by atoms with Crippen LogP contribution in [0.5, 0.6) is 0 Å². The maximum atomic E-state index is 12.9. The number of rotatable bonds is 4. The molecule has 1 aromatic rings. The highest BCUT2D eigenvalue weighted by atomic mass is 16.5. The van der Waals surface area contributed by atoms with Crippen LogP contribution in [0.3, 0.4) is 0 Å². The van der Waals surface area contributed by atoms with Crippen LogP contribution in [0.1, 0.15) is 49.9 Å². The third kappa shape index (κ3) is 4.21. The van der Waals surface area contributed by atoms with Crippen LogP contribution in [0.25, 0.3) is 0 Å². The molecule has 3 saturated heterocycles. The first-order valence-corrected chi connectivity index (χ1v) is 10.7. The Bertz CT molecular complexity index is 653. The van der Waals surface area contributed by atoms with Gasteiger partial charge in [-0.05, 0) is 58.1 Å². The van der Waals surface area contributed by atoms with Gasteiger partial charge < -0.3 is 9.64 Å². The van der Waals surface area contributed by atoms with Crippen LogP contribution in [-0.4, -0.2) is 70.4 Å². The van der Waals surface area contributed by atoms with Crippen molar-refractivity contribution in [3.63, 3.8) is 0 Å². The second-order valence-corrected chi connectivity index (χ2v) is 8.60. The lowest BCUT2D eigenvalue weighted by Crippen LogP contribution is -2.49. The van der Waals surface area contributed by atoms with Crippen molar-refractivity contribution < 1.29 is 9.53 Å². The van der Waals surface area contributed by atoms with Gasteiger partial charge >= 0.3 is 0 Å². The molecule has 6 heteroatoms. The molecule has 0 N–H and O–H groups in total. The van der Waals surface area contributed by atoms with Gasteiger partial charge in [0.15, 0.2) is 0 Å². The minimum atomic E-state index is 0.294. The molecule has 27 heavy (non-hydrogen) atoms. The summed E-state index contributed by atoms with van der Waals surface area (Å²) in [5.41, 5.74) is 2.16. The second kappa shape index (κ2) is 8.31. The van der Waals surface area contributed by atoms with E-state index in [4.69, 9.17) is 4.74 Å². The summed E-state index contributed by atoms with van der Waals surface area (Å²) >= 11 is 0. The van der Waals surface area contributed by atoms with Gasteiger partial charge in [-0.15, -0.1) is 0 Å². The molecule has 4 heterocycles. The number of likely N-dealkylation sites (tertiary alicyclic amines) is 2. The Morgan fingerprint density at radius 2 is 2.00 bits per heavy atom. The topological polar surface area (TPSA) is 50.6 Å². The first-order valence-electron chi connectivity index (χ1n) is 10.7. The van der Waals surface area contributed by atoms with E-state index in [1.54, 1.807) is 0 Å². The third-order valence-electron chi connectivity index (χ3n) is 6.73. The molecular weight excluding hydrogens is 340 g/mol. The quantitative estimate of drug-likeness (QED) is 0.812. The van der Waals surface area contributed by atoms with Crippen molar-refractivity contribution in [3.8, 4) is 0 Å². The average molecular weight is 375 g/mol. The molecule has 3 aliphatic heterocycles. The largest absolute Gasteiger partial charge is 0.381 e. The zero-order chi connectivity index (χ0) is 18.8. The minimum absolute atomic E-state index is 0.294. The standard InChI is InChI=1S/C21H34N4O2/c1-16-13-17(2)25(22-16)10-6-21(26)23-14-18-5-3-4-9-24(20(18)15-23)19-7-11-27-12-8-19/h13,18-20H,3-12,14-15H2,1-2H3/t18-,20+/m0/s1. The molecule has 3 fully saturated rings. The maximum absolute atomic E-state index is 12.9. The van der Waals surface area contributed by atoms with E-state index < -0.39 is 0 Å². The van der Waals surface area contributed by atoms with E-state index in [9.17, 15) is 4.79 Å². The van der Waals surface area contributed by atoms with E-state index in [0.29, 0.717) is 36.9 Å². The average Bonchev–Trinajstić information content (AvgIpc) is 3.17. The van der Waals surface area contributed by atoms with Gasteiger partial charge in [0.1, 0.15) is 0 Å². The van der Waals surface area contributed by atoms with Gasteiger partial charge in [-0.1, -0.05) is 6.42 Å². The number of hydrogen-bond acceptors (Lipinski definition) is 4. The van der Waals surface area contributed by atoms with E-state index in [1.165, 1.54) is 25.8 Å². The van der Waals surface area contributed by atoms with Crippen LogP contribution in [0.4, 0.5) is 0 Å². The van der Waals surface area contributed by atoms with Gasteiger partial charge in [-0.3, -0.25) is 14.4 Å². The maximum Gasteiger partial charge on any atom is 0.224 e. The van der Waals surface area contributed by atoms with E-state index in [2.05, 4.69) is 27.9 Å². The zero-order valence-corrected chi connectivity index (χ0v) is 16.9. The van der Waals surface area contributed by atoms with Crippen molar-refractivity contribution >= 4 is 5.91 Å². The van der Waals surface area contributed by atoms with Crippen molar-refractivity contribution in [1.82, 2.24) is 19.6 Å². The molecule has 1 aromatic heterocycles.